The van der Waals surface area contributed by atoms with Gasteiger partial charge in [-0.15, -0.1) is 0 Å². The number of benzene rings is 1. The summed E-state index contributed by atoms with van der Waals surface area (Å²) >= 11 is 6.45. The van der Waals surface area contributed by atoms with Gasteiger partial charge in [-0.25, -0.2) is 9.48 Å². The monoisotopic (exact) mass is 386 g/mol. The van der Waals surface area contributed by atoms with Gasteiger partial charge in [0.2, 0.25) is 0 Å². The standard InChI is InChI=1S/C21H23ClN2O3/c1-14-7-9-16(10-8-14)13-24-21(22)17(15(2)23-24)11-12-20(26)27-19-6-4-3-5-18(19)25/h7-12,19H,3-6,13H2,1-2H3/b12-11+/t19-/m0/s1. The van der Waals surface area contributed by atoms with Crippen molar-refractivity contribution in [3.8, 4) is 0 Å². The summed E-state index contributed by atoms with van der Waals surface area (Å²) in [4.78, 5) is 23.8. The minimum absolute atomic E-state index is 0.00290. The number of hydrogen-bond donors (Lipinski definition) is 0. The fourth-order valence-corrected chi connectivity index (χ4v) is 3.43. The van der Waals surface area contributed by atoms with Crippen molar-refractivity contribution in [1.29, 1.82) is 0 Å². The summed E-state index contributed by atoms with van der Waals surface area (Å²) in [6.07, 6.45) is 5.17. The Morgan fingerprint density at radius 3 is 2.74 bits per heavy atom. The van der Waals surface area contributed by atoms with Crippen molar-refractivity contribution < 1.29 is 14.3 Å². The average Bonchev–Trinajstić information content (AvgIpc) is 2.90. The molecule has 0 aliphatic heterocycles. The maximum atomic E-state index is 12.1. The van der Waals surface area contributed by atoms with E-state index in [9.17, 15) is 9.59 Å². The van der Waals surface area contributed by atoms with Crippen molar-refractivity contribution in [2.75, 3.05) is 0 Å². The average molecular weight is 387 g/mol. The van der Waals surface area contributed by atoms with E-state index < -0.39 is 12.1 Å². The summed E-state index contributed by atoms with van der Waals surface area (Å²) in [5.74, 6) is -0.528. The molecule has 0 spiro atoms. The molecule has 5 nitrogen and oxygen atoms in total. The Bertz CT molecular complexity index is 868. The Morgan fingerprint density at radius 1 is 1.30 bits per heavy atom. The first-order chi connectivity index (χ1) is 12.9. The van der Waals surface area contributed by atoms with Crippen LogP contribution in [0.1, 0.15) is 48.1 Å². The highest BCUT2D eigenvalue weighted by Crippen LogP contribution is 2.23. The van der Waals surface area contributed by atoms with Crippen LogP contribution in [0.4, 0.5) is 0 Å². The number of Topliss-reactive ketones (excluding diaryl/α,β-unsaturated/α-hetero) is 1. The molecule has 27 heavy (non-hydrogen) atoms. The second-order valence-corrected chi connectivity index (χ2v) is 7.26. The van der Waals surface area contributed by atoms with Crippen LogP contribution in [0.2, 0.25) is 5.15 Å². The van der Waals surface area contributed by atoms with E-state index >= 15 is 0 Å². The topological polar surface area (TPSA) is 61.2 Å². The third-order valence-electron chi connectivity index (χ3n) is 4.71. The van der Waals surface area contributed by atoms with E-state index in [-0.39, 0.29) is 5.78 Å². The number of esters is 1. The first-order valence-corrected chi connectivity index (χ1v) is 9.51. The van der Waals surface area contributed by atoms with Gasteiger partial charge in [-0.05, 0) is 44.7 Å². The van der Waals surface area contributed by atoms with Gasteiger partial charge in [0.05, 0.1) is 12.2 Å². The first-order valence-electron chi connectivity index (χ1n) is 9.14. The summed E-state index contributed by atoms with van der Waals surface area (Å²) < 4.78 is 6.98. The lowest BCUT2D eigenvalue weighted by Gasteiger charge is -2.19. The number of hydrogen-bond acceptors (Lipinski definition) is 4. The highest BCUT2D eigenvalue weighted by atomic mass is 35.5. The number of halogens is 1. The number of nitrogens with zero attached hydrogens (tertiary/aromatic N) is 2. The third kappa shape index (κ3) is 4.86. The summed E-state index contributed by atoms with van der Waals surface area (Å²) in [6, 6.07) is 8.17. The van der Waals surface area contributed by atoms with Gasteiger partial charge in [0.15, 0.2) is 11.9 Å². The number of ether oxygens (including phenoxy) is 1. The highest BCUT2D eigenvalue weighted by molar-refractivity contribution is 6.31. The van der Waals surface area contributed by atoms with E-state index in [1.165, 1.54) is 11.6 Å². The van der Waals surface area contributed by atoms with Gasteiger partial charge >= 0.3 is 5.97 Å². The molecule has 1 saturated carbocycles. The van der Waals surface area contributed by atoms with E-state index in [4.69, 9.17) is 16.3 Å². The normalized spacial score (nSPS) is 17.4. The molecule has 3 rings (SSSR count). The smallest absolute Gasteiger partial charge is 0.331 e. The minimum atomic E-state index is -0.614. The van der Waals surface area contributed by atoms with Crippen molar-refractivity contribution in [2.24, 2.45) is 0 Å². The largest absolute Gasteiger partial charge is 0.451 e. The van der Waals surface area contributed by atoms with E-state index in [1.54, 1.807) is 10.8 Å². The number of carbonyl (C=O) groups excluding carboxylic acids is 2. The van der Waals surface area contributed by atoms with Crippen LogP contribution in [0.25, 0.3) is 6.08 Å². The molecule has 1 fully saturated rings. The quantitative estimate of drug-likeness (QED) is 0.568. The molecule has 0 saturated heterocycles. The molecule has 0 N–H and O–H groups in total. The molecule has 0 amide bonds. The van der Waals surface area contributed by atoms with Crippen LogP contribution in [-0.2, 0) is 20.9 Å². The second kappa shape index (κ2) is 8.53. The maximum Gasteiger partial charge on any atom is 0.331 e. The predicted octanol–water partition coefficient (Wildman–Crippen LogP) is 4.27. The molecule has 2 aromatic rings. The van der Waals surface area contributed by atoms with Crippen molar-refractivity contribution in [3.63, 3.8) is 0 Å². The van der Waals surface area contributed by atoms with E-state index in [0.717, 1.165) is 24.1 Å². The zero-order chi connectivity index (χ0) is 19.4. The zero-order valence-electron chi connectivity index (χ0n) is 15.6. The minimum Gasteiger partial charge on any atom is -0.451 e. The van der Waals surface area contributed by atoms with Gasteiger partial charge < -0.3 is 4.74 Å². The fourth-order valence-electron chi connectivity index (χ4n) is 3.13. The van der Waals surface area contributed by atoms with E-state index in [0.29, 0.717) is 30.1 Å². The predicted molar refractivity (Wildman–Crippen MR) is 105 cm³/mol. The molecular weight excluding hydrogens is 364 g/mol. The maximum absolute atomic E-state index is 12.1. The lowest BCUT2D eigenvalue weighted by atomic mass is 9.96. The van der Waals surface area contributed by atoms with Gasteiger partial charge in [-0.2, -0.15) is 5.10 Å². The number of rotatable bonds is 5. The fraction of sp³-hybridized carbons (Fsp3) is 0.381. The van der Waals surface area contributed by atoms with Gasteiger partial charge in [-0.3, -0.25) is 4.79 Å². The molecule has 1 aliphatic carbocycles. The van der Waals surface area contributed by atoms with Crippen LogP contribution in [0.15, 0.2) is 30.3 Å². The molecular formula is C21H23ClN2O3. The Morgan fingerprint density at radius 2 is 2.04 bits per heavy atom. The zero-order valence-corrected chi connectivity index (χ0v) is 16.3. The van der Waals surface area contributed by atoms with Crippen LogP contribution in [0.3, 0.4) is 0 Å². The summed E-state index contributed by atoms with van der Waals surface area (Å²) in [6.45, 7) is 4.43. The molecule has 6 heteroatoms. The molecule has 1 aromatic heterocycles. The number of aryl methyl sites for hydroxylation is 2. The Kier molecular flexibility index (Phi) is 6.11. The van der Waals surface area contributed by atoms with Crippen LogP contribution >= 0.6 is 11.6 Å². The van der Waals surface area contributed by atoms with Gasteiger partial charge in [0.1, 0.15) is 5.15 Å². The number of carbonyl (C=O) groups is 2. The van der Waals surface area contributed by atoms with Crippen molar-refractivity contribution in [1.82, 2.24) is 9.78 Å². The highest BCUT2D eigenvalue weighted by Gasteiger charge is 2.25. The molecule has 1 heterocycles. The number of aromatic nitrogens is 2. The second-order valence-electron chi connectivity index (χ2n) is 6.90. The molecule has 0 radical (unpaired) electrons. The summed E-state index contributed by atoms with van der Waals surface area (Å²) in [5.41, 5.74) is 3.69. The summed E-state index contributed by atoms with van der Waals surface area (Å²) in [5, 5.41) is 4.92. The molecule has 1 aliphatic rings. The van der Waals surface area contributed by atoms with E-state index in [2.05, 4.69) is 5.10 Å². The molecule has 0 unspecified atom stereocenters. The van der Waals surface area contributed by atoms with Crippen molar-refractivity contribution in [3.05, 3.63) is 57.9 Å². The Hall–Kier alpha value is -2.40. The molecule has 0 bridgehead atoms. The first kappa shape index (κ1) is 19.4. The van der Waals surface area contributed by atoms with Crippen molar-refractivity contribution >= 4 is 29.4 Å². The van der Waals surface area contributed by atoms with Crippen LogP contribution in [-0.4, -0.2) is 27.6 Å². The van der Waals surface area contributed by atoms with E-state index in [1.807, 2.05) is 38.1 Å². The SMILES string of the molecule is Cc1ccc(Cn2nc(C)c(/C=C/C(=O)O[C@H]3CCCCC3=O)c2Cl)cc1. The van der Waals surface area contributed by atoms with Gasteiger partial charge in [0, 0.05) is 18.1 Å². The summed E-state index contributed by atoms with van der Waals surface area (Å²) in [7, 11) is 0. The lowest BCUT2D eigenvalue weighted by Crippen LogP contribution is -2.29. The molecule has 1 aromatic carbocycles. The Labute approximate surface area is 164 Å². The van der Waals surface area contributed by atoms with Crippen molar-refractivity contribution in [2.45, 2.75) is 52.2 Å². The lowest BCUT2D eigenvalue weighted by molar-refractivity contribution is -0.152. The number of ketones is 1. The van der Waals surface area contributed by atoms with Crippen LogP contribution < -0.4 is 0 Å². The van der Waals surface area contributed by atoms with Crippen LogP contribution in [0, 0.1) is 13.8 Å². The Balaban J connectivity index is 1.68. The van der Waals surface area contributed by atoms with Gasteiger partial charge in [0.25, 0.3) is 0 Å². The van der Waals surface area contributed by atoms with Gasteiger partial charge in [-0.1, -0.05) is 41.4 Å². The molecule has 142 valence electrons. The van der Waals surface area contributed by atoms with Crippen LogP contribution in [0.5, 0.6) is 0 Å². The third-order valence-corrected chi connectivity index (χ3v) is 5.10. The molecule has 1 atom stereocenters.